The lowest BCUT2D eigenvalue weighted by Crippen LogP contribution is -3.09. The lowest BCUT2D eigenvalue weighted by molar-refractivity contribution is -0.885. The molecule has 0 saturated carbocycles. The van der Waals surface area contributed by atoms with Crippen LogP contribution in [-0.4, -0.2) is 55.7 Å². The van der Waals surface area contributed by atoms with Crippen LogP contribution in [0.15, 0.2) is 42.5 Å². The molecule has 7 heteroatoms. The van der Waals surface area contributed by atoms with E-state index in [0.717, 1.165) is 23.7 Å². The SMILES string of the molecule is C[NH+](CC(=O)N1CCN(c2ccc(O)cc2)CC1)Cc1c(F)cccc1Cl. The summed E-state index contributed by atoms with van der Waals surface area (Å²) < 4.78 is 13.9. The van der Waals surface area contributed by atoms with Crippen molar-refractivity contribution in [2.75, 3.05) is 44.7 Å². The molecule has 0 aliphatic carbocycles. The molecule has 1 heterocycles. The first-order valence-corrected chi connectivity index (χ1v) is 9.38. The second-order valence-electron chi connectivity index (χ2n) is 6.90. The minimum Gasteiger partial charge on any atom is -0.508 e. The van der Waals surface area contributed by atoms with Crippen LogP contribution in [0, 0.1) is 5.82 Å². The normalized spacial score (nSPS) is 15.7. The minimum atomic E-state index is -0.336. The topological polar surface area (TPSA) is 48.2 Å². The highest BCUT2D eigenvalue weighted by molar-refractivity contribution is 6.31. The summed E-state index contributed by atoms with van der Waals surface area (Å²) in [5, 5.41) is 9.78. The number of carbonyl (C=O) groups excluding carboxylic acids is 1. The number of aromatic hydroxyl groups is 1. The number of nitrogens with one attached hydrogen (secondary N) is 1. The standard InChI is InChI=1S/C20H23ClFN3O2/c1-23(13-17-18(21)3-2-4-19(17)22)14-20(27)25-11-9-24(10-12-25)15-5-7-16(26)8-6-15/h2-8,26H,9-14H2,1H3/p+1. The molecule has 1 aliphatic heterocycles. The molecule has 0 spiro atoms. The van der Waals surface area contributed by atoms with Gasteiger partial charge in [-0.25, -0.2) is 4.39 Å². The van der Waals surface area contributed by atoms with Crippen LogP contribution < -0.4 is 9.80 Å². The molecule has 1 saturated heterocycles. The number of phenolic OH excluding ortho intramolecular Hbond substituents is 1. The van der Waals surface area contributed by atoms with Crippen LogP contribution in [-0.2, 0) is 11.3 Å². The Bertz CT molecular complexity index is 772. The number of halogens is 2. The van der Waals surface area contributed by atoms with Gasteiger partial charge in [-0.1, -0.05) is 17.7 Å². The van der Waals surface area contributed by atoms with E-state index < -0.39 is 0 Å². The van der Waals surface area contributed by atoms with Crippen molar-refractivity contribution in [3.8, 4) is 5.75 Å². The van der Waals surface area contributed by atoms with Crippen LogP contribution in [0.1, 0.15) is 5.56 Å². The number of anilines is 1. The van der Waals surface area contributed by atoms with Crippen molar-refractivity contribution in [3.05, 3.63) is 58.9 Å². The quantitative estimate of drug-likeness (QED) is 0.811. The van der Waals surface area contributed by atoms with E-state index in [-0.39, 0.29) is 17.5 Å². The number of carbonyl (C=O) groups is 1. The summed E-state index contributed by atoms with van der Waals surface area (Å²) in [4.78, 5) is 17.5. The van der Waals surface area contributed by atoms with E-state index in [9.17, 15) is 14.3 Å². The van der Waals surface area contributed by atoms with Crippen molar-refractivity contribution >= 4 is 23.2 Å². The Morgan fingerprint density at radius 2 is 1.81 bits per heavy atom. The third-order valence-corrected chi connectivity index (χ3v) is 5.19. The first-order chi connectivity index (χ1) is 12.9. The largest absolute Gasteiger partial charge is 0.508 e. The molecule has 2 N–H and O–H groups in total. The van der Waals surface area contributed by atoms with Gasteiger partial charge in [0.05, 0.1) is 17.6 Å². The fourth-order valence-electron chi connectivity index (χ4n) is 3.31. The third kappa shape index (κ3) is 4.90. The second kappa shape index (κ2) is 8.59. The lowest BCUT2D eigenvalue weighted by Gasteiger charge is -2.36. The van der Waals surface area contributed by atoms with E-state index in [2.05, 4.69) is 4.90 Å². The van der Waals surface area contributed by atoms with Crippen molar-refractivity contribution in [1.29, 1.82) is 0 Å². The first-order valence-electron chi connectivity index (χ1n) is 9.00. The average Bonchev–Trinajstić information content (AvgIpc) is 2.65. The van der Waals surface area contributed by atoms with Crippen molar-refractivity contribution in [1.82, 2.24) is 4.90 Å². The fraction of sp³-hybridized carbons (Fsp3) is 0.350. The van der Waals surface area contributed by atoms with Crippen LogP contribution in [0.3, 0.4) is 0 Å². The smallest absolute Gasteiger partial charge is 0.277 e. The van der Waals surface area contributed by atoms with Crippen molar-refractivity contribution in [2.24, 2.45) is 0 Å². The Hall–Kier alpha value is -2.31. The van der Waals surface area contributed by atoms with Gasteiger partial charge in [0.25, 0.3) is 5.91 Å². The van der Waals surface area contributed by atoms with Gasteiger partial charge in [-0.15, -0.1) is 0 Å². The van der Waals surface area contributed by atoms with Gasteiger partial charge in [0.2, 0.25) is 0 Å². The molecular weight excluding hydrogens is 369 g/mol. The molecule has 0 bridgehead atoms. The molecule has 0 radical (unpaired) electrons. The van der Waals surface area contributed by atoms with Gasteiger partial charge in [0, 0.05) is 31.9 Å². The molecule has 2 aromatic rings. The van der Waals surface area contributed by atoms with Crippen LogP contribution in [0.25, 0.3) is 0 Å². The molecule has 0 aromatic heterocycles. The second-order valence-corrected chi connectivity index (χ2v) is 7.30. The first kappa shape index (κ1) is 19.5. The van der Waals surface area contributed by atoms with Crippen LogP contribution in [0.4, 0.5) is 10.1 Å². The van der Waals surface area contributed by atoms with Gasteiger partial charge in [0.15, 0.2) is 6.54 Å². The predicted octanol–water partition coefficient (Wildman–Crippen LogP) is 1.55. The van der Waals surface area contributed by atoms with Gasteiger partial charge >= 0.3 is 0 Å². The van der Waals surface area contributed by atoms with Crippen molar-refractivity contribution in [3.63, 3.8) is 0 Å². The number of benzene rings is 2. The number of rotatable bonds is 5. The molecule has 27 heavy (non-hydrogen) atoms. The molecule has 1 amide bonds. The van der Waals surface area contributed by atoms with E-state index in [1.54, 1.807) is 24.3 Å². The number of quaternary nitrogens is 1. The zero-order chi connectivity index (χ0) is 19.4. The Morgan fingerprint density at radius 3 is 2.44 bits per heavy atom. The number of nitrogens with zero attached hydrogens (tertiary/aromatic N) is 2. The summed E-state index contributed by atoms with van der Waals surface area (Å²) in [5.74, 6) is -0.0318. The van der Waals surface area contributed by atoms with Gasteiger partial charge in [-0.3, -0.25) is 4.79 Å². The zero-order valence-electron chi connectivity index (χ0n) is 15.3. The number of phenols is 1. The number of likely N-dealkylation sites (N-methyl/N-ethyl adjacent to an activating group) is 1. The third-order valence-electron chi connectivity index (χ3n) is 4.84. The molecule has 1 unspecified atom stereocenters. The highest BCUT2D eigenvalue weighted by atomic mass is 35.5. The van der Waals surface area contributed by atoms with E-state index in [1.807, 2.05) is 24.1 Å². The van der Waals surface area contributed by atoms with Gasteiger partial charge in [-0.05, 0) is 36.4 Å². The maximum atomic E-state index is 13.9. The molecular formula is C20H24ClFN3O2+. The van der Waals surface area contributed by atoms with E-state index >= 15 is 0 Å². The van der Waals surface area contributed by atoms with Crippen LogP contribution in [0.5, 0.6) is 5.75 Å². The highest BCUT2D eigenvalue weighted by Gasteiger charge is 2.24. The van der Waals surface area contributed by atoms with Gasteiger partial charge in [0.1, 0.15) is 18.1 Å². The number of piperazine rings is 1. The number of hydrogen-bond acceptors (Lipinski definition) is 3. The fourth-order valence-corrected chi connectivity index (χ4v) is 3.54. The van der Waals surface area contributed by atoms with E-state index in [0.29, 0.717) is 36.8 Å². The predicted molar refractivity (Wildman–Crippen MR) is 104 cm³/mol. The van der Waals surface area contributed by atoms with Gasteiger partial charge < -0.3 is 19.8 Å². The summed E-state index contributed by atoms with van der Waals surface area (Å²) in [5.41, 5.74) is 1.48. The van der Waals surface area contributed by atoms with Crippen molar-refractivity contribution < 1.29 is 19.2 Å². The molecule has 1 aliphatic rings. The number of hydrogen-bond donors (Lipinski definition) is 2. The molecule has 5 nitrogen and oxygen atoms in total. The summed E-state index contributed by atoms with van der Waals surface area (Å²) in [6.45, 7) is 3.44. The van der Waals surface area contributed by atoms with E-state index in [4.69, 9.17) is 11.6 Å². The molecule has 3 rings (SSSR count). The van der Waals surface area contributed by atoms with E-state index in [1.165, 1.54) is 6.07 Å². The van der Waals surface area contributed by atoms with Crippen LogP contribution in [0.2, 0.25) is 5.02 Å². The van der Waals surface area contributed by atoms with Crippen LogP contribution >= 0.6 is 11.6 Å². The molecule has 144 valence electrons. The Kier molecular flexibility index (Phi) is 6.19. The maximum Gasteiger partial charge on any atom is 0.277 e. The monoisotopic (exact) mass is 392 g/mol. The summed E-state index contributed by atoms with van der Waals surface area (Å²) in [6, 6.07) is 11.7. The molecule has 1 fully saturated rings. The number of amides is 1. The lowest BCUT2D eigenvalue weighted by atomic mass is 10.2. The Balaban J connectivity index is 1.51. The van der Waals surface area contributed by atoms with Crippen molar-refractivity contribution in [2.45, 2.75) is 6.54 Å². The summed E-state index contributed by atoms with van der Waals surface area (Å²) >= 11 is 6.07. The molecule has 1 atom stereocenters. The zero-order valence-corrected chi connectivity index (χ0v) is 16.0. The summed E-state index contributed by atoms with van der Waals surface area (Å²) in [6.07, 6.45) is 0. The minimum absolute atomic E-state index is 0.0605. The Labute approximate surface area is 163 Å². The highest BCUT2D eigenvalue weighted by Crippen LogP contribution is 2.20. The average molecular weight is 393 g/mol. The summed E-state index contributed by atoms with van der Waals surface area (Å²) in [7, 11) is 1.87. The van der Waals surface area contributed by atoms with Gasteiger partial charge in [-0.2, -0.15) is 0 Å². The Morgan fingerprint density at radius 1 is 1.15 bits per heavy atom. The maximum absolute atomic E-state index is 13.9. The molecule has 2 aromatic carbocycles.